The molecule has 0 unspecified atom stereocenters. The molecule has 1 aliphatic rings. The highest BCUT2D eigenvalue weighted by Crippen LogP contribution is 2.33. The molecular weight excluding hydrogens is 184 g/mol. The molecule has 0 aliphatic carbocycles. The Bertz CT molecular complexity index is 394. The van der Waals surface area contributed by atoms with Crippen LogP contribution in [0.1, 0.15) is 15.9 Å². The van der Waals surface area contributed by atoms with Gasteiger partial charge in [0.1, 0.15) is 10.8 Å². The Morgan fingerprint density at radius 2 is 2.31 bits per heavy atom. The summed E-state index contributed by atoms with van der Waals surface area (Å²) in [6.07, 6.45) is 0. The third-order valence-corrected chi connectivity index (χ3v) is 3.17. The van der Waals surface area contributed by atoms with E-state index in [1.807, 2.05) is 12.3 Å². The van der Waals surface area contributed by atoms with Crippen molar-refractivity contribution >= 4 is 22.2 Å². The van der Waals surface area contributed by atoms with Gasteiger partial charge in [-0.05, 0) is 17.9 Å². The maximum atomic E-state index is 11.7. The minimum absolute atomic E-state index is 0.0255. The van der Waals surface area contributed by atoms with Gasteiger partial charge in [0.05, 0.1) is 5.56 Å². The predicted octanol–water partition coefficient (Wildman–Crippen LogP) is 2.03. The number of hydrogen-bond donors (Lipinski definition) is 1. The summed E-state index contributed by atoms with van der Waals surface area (Å²) in [5.74, 6) is 0.664. The van der Waals surface area contributed by atoms with Crippen molar-refractivity contribution in [2.45, 2.75) is 6.92 Å². The second kappa shape index (κ2) is 2.60. The van der Waals surface area contributed by atoms with E-state index in [2.05, 4.69) is 11.9 Å². The van der Waals surface area contributed by atoms with Gasteiger partial charge in [-0.3, -0.25) is 9.69 Å². The molecular formula is C9H10N2OS. The van der Waals surface area contributed by atoms with Crippen molar-refractivity contribution in [3.05, 3.63) is 28.9 Å². The molecule has 1 amide bonds. The highest BCUT2D eigenvalue weighted by atomic mass is 32.1. The summed E-state index contributed by atoms with van der Waals surface area (Å²) >= 11 is 1.54. The van der Waals surface area contributed by atoms with Crippen molar-refractivity contribution in [1.29, 1.82) is 0 Å². The summed E-state index contributed by atoms with van der Waals surface area (Å²) in [5, 5.41) is 5.97. The minimum Gasteiger partial charge on any atom is -0.333 e. The molecule has 0 spiro atoms. The van der Waals surface area contributed by atoms with Crippen molar-refractivity contribution in [3.63, 3.8) is 0 Å². The number of carbonyl (C=O) groups excluding carboxylic acids is 1. The Morgan fingerprint density at radius 1 is 1.62 bits per heavy atom. The van der Waals surface area contributed by atoms with Gasteiger partial charge in [0, 0.05) is 7.05 Å². The van der Waals surface area contributed by atoms with E-state index in [0.717, 1.165) is 16.1 Å². The van der Waals surface area contributed by atoms with Gasteiger partial charge < -0.3 is 5.32 Å². The number of hydrogen-bond acceptors (Lipinski definition) is 3. The Morgan fingerprint density at radius 3 is 3.00 bits per heavy atom. The fourth-order valence-electron chi connectivity index (χ4n) is 1.31. The molecule has 13 heavy (non-hydrogen) atoms. The summed E-state index contributed by atoms with van der Waals surface area (Å²) in [5.41, 5.74) is 1.80. The summed E-state index contributed by atoms with van der Waals surface area (Å²) in [6, 6.07) is 0. The fourth-order valence-corrected chi connectivity index (χ4v) is 2.26. The highest BCUT2D eigenvalue weighted by Gasteiger charge is 2.26. The van der Waals surface area contributed by atoms with E-state index in [1.54, 1.807) is 18.4 Å². The van der Waals surface area contributed by atoms with Crippen LogP contribution in [0.2, 0.25) is 0 Å². The number of nitrogens with zero attached hydrogens (tertiary/aromatic N) is 1. The van der Waals surface area contributed by atoms with E-state index < -0.39 is 0 Å². The molecule has 1 aromatic heterocycles. The first-order chi connectivity index (χ1) is 6.11. The highest BCUT2D eigenvalue weighted by molar-refractivity contribution is 7.14. The molecule has 0 aromatic carbocycles. The zero-order valence-electron chi connectivity index (χ0n) is 7.55. The first kappa shape index (κ1) is 8.31. The number of carbonyl (C=O) groups is 1. The second-order valence-electron chi connectivity index (χ2n) is 3.06. The van der Waals surface area contributed by atoms with Crippen molar-refractivity contribution in [3.8, 4) is 0 Å². The minimum atomic E-state index is 0.0255. The molecule has 2 rings (SSSR count). The summed E-state index contributed by atoms with van der Waals surface area (Å²) in [4.78, 5) is 13.3. The van der Waals surface area contributed by atoms with E-state index in [1.165, 1.54) is 4.90 Å². The van der Waals surface area contributed by atoms with Crippen LogP contribution in [0, 0.1) is 6.92 Å². The molecule has 1 N–H and O–H groups in total. The average Bonchev–Trinajstić information content (AvgIpc) is 2.43. The van der Waals surface area contributed by atoms with Crippen LogP contribution >= 0.6 is 11.3 Å². The zero-order valence-corrected chi connectivity index (χ0v) is 8.36. The van der Waals surface area contributed by atoms with E-state index in [4.69, 9.17) is 0 Å². The van der Waals surface area contributed by atoms with Gasteiger partial charge in [-0.15, -0.1) is 11.3 Å². The molecule has 1 aliphatic heterocycles. The number of thiophene rings is 1. The molecule has 4 heteroatoms. The SMILES string of the molecule is C=C1Nc2scc(C)c2C(=O)N1C. The van der Waals surface area contributed by atoms with Gasteiger partial charge in [0.25, 0.3) is 5.91 Å². The fraction of sp³-hybridized carbons (Fsp3) is 0.222. The quantitative estimate of drug-likeness (QED) is 0.685. The third-order valence-electron chi connectivity index (χ3n) is 2.16. The lowest BCUT2D eigenvalue weighted by Gasteiger charge is -2.26. The molecule has 68 valence electrons. The van der Waals surface area contributed by atoms with Crippen LogP contribution < -0.4 is 5.32 Å². The summed E-state index contributed by atoms with van der Waals surface area (Å²) in [7, 11) is 1.72. The lowest BCUT2D eigenvalue weighted by molar-refractivity contribution is 0.0833. The first-order valence-electron chi connectivity index (χ1n) is 3.93. The monoisotopic (exact) mass is 194 g/mol. The van der Waals surface area contributed by atoms with Crippen LogP contribution in [-0.2, 0) is 0 Å². The number of fused-ring (bicyclic) bond motifs is 1. The van der Waals surface area contributed by atoms with Gasteiger partial charge in [0.2, 0.25) is 0 Å². The number of nitrogens with one attached hydrogen (secondary N) is 1. The molecule has 1 aromatic rings. The van der Waals surface area contributed by atoms with Crippen molar-refractivity contribution in [1.82, 2.24) is 4.90 Å². The largest absolute Gasteiger partial charge is 0.333 e. The number of amides is 1. The Kier molecular flexibility index (Phi) is 1.66. The molecule has 0 radical (unpaired) electrons. The van der Waals surface area contributed by atoms with E-state index in [9.17, 15) is 4.79 Å². The van der Waals surface area contributed by atoms with Gasteiger partial charge in [-0.25, -0.2) is 0 Å². The maximum absolute atomic E-state index is 11.7. The van der Waals surface area contributed by atoms with Gasteiger partial charge in [-0.2, -0.15) is 0 Å². The first-order valence-corrected chi connectivity index (χ1v) is 4.81. The molecule has 0 atom stereocenters. The lowest BCUT2D eigenvalue weighted by Crippen LogP contribution is -2.33. The molecule has 2 heterocycles. The molecule has 0 bridgehead atoms. The molecule has 0 saturated carbocycles. The zero-order chi connectivity index (χ0) is 9.59. The maximum Gasteiger partial charge on any atom is 0.262 e. The third kappa shape index (κ3) is 1.06. The van der Waals surface area contributed by atoms with E-state index in [0.29, 0.717) is 5.82 Å². The Balaban J connectivity index is 2.58. The molecule has 3 nitrogen and oxygen atoms in total. The van der Waals surface area contributed by atoms with Crippen LogP contribution in [0.15, 0.2) is 17.8 Å². The average molecular weight is 194 g/mol. The normalized spacial score (nSPS) is 15.7. The molecule has 0 fully saturated rings. The predicted molar refractivity (Wildman–Crippen MR) is 53.9 cm³/mol. The number of anilines is 1. The number of rotatable bonds is 0. The smallest absolute Gasteiger partial charge is 0.262 e. The van der Waals surface area contributed by atoms with Crippen LogP contribution in [0.4, 0.5) is 5.00 Å². The standard InChI is InChI=1S/C9H10N2OS/c1-5-4-13-8-7(5)9(12)11(3)6(2)10-8/h4,10H,2H2,1,3H3. The van der Waals surface area contributed by atoms with Crippen molar-refractivity contribution in [2.24, 2.45) is 0 Å². The lowest BCUT2D eigenvalue weighted by atomic mass is 10.1. The van der Waals surface area contributed by atoms with Crippen LogP contribution in [-0.4, -0.2) is 17.9 Å². The topological polar surface area (TPSA) is 32.3 Å². The summed E-state index contributed by atoms with van der Waals surface area (Å²) < 4.78 is 0. The van der Waals surface area contributed by atoms with Gasteiger partial charge in [-0.1, -0.05) is 6.58 Å². The van der Waals surface area contributed by atoms with E-state index in [-0.39, 0.29) is 5.91 Å². The molecule has 0 saturated heterocycles. The second-order valence-corrected chi connectivity index (χ2v) is 3.94. The van der Waals surface area contributed by atoms with Crippen molar-refractivity contribution < 1.29 is 4.79 Å². The van der Waals surface area contributed by atoms with Gasteiger partial charge in [0.15, 0.2) is 0 Å². The Hall–Kier alpha value is -1.29. The van der Waals surface area contributed by atoms with Crippen LogP contribution in [0.3, 0.4) is 0 Å². The number of aryl methyl sites for hydroxylation is 1. The summed E-state index contributed by atoms with van der Waals surface area (Å²) in [6.45, 7) is 5.70. The van der Waals surface area contributed by atoms with Crippen LogP contribution in [0.25, 0.3) is 0 Å². The van der Waals surface area contributed by atoms with Crippen molar-refractivity contribution in [2.75, 3.05) is 12.4 Å². The Labute approximate surface area is 80.7 Å². The van der Waals surface area contributed by atoms with Crippen LogP contribution in [0.5, 0.6) is 0 Å². The van der Waals surface area contributed by atoms with Gasteiger partial charge >= 0.3 is 0 Å². The van der Waals surface area contributed by atoms with E-state index >= 15 is 0 Å².